The first kappa shape index (κ1) is 12.7. The van der Waals surface area contributed by atoms with Crippen molar-refractivity contribution in [2.24, 2.45) is 23.7 Å². The Labute approximate surface area is 121 Å². The number of nitrogens with one attached hydrogen (secondary N) is 1. The summed E-state index contributed by atoms with van der Waals surface area (Å²) >= 11 is 0. The van der Waals surface area contributed by atoms with E-state index in [0.717, 1.165) is 36.0 Å². The van der Waals surface area contributed by atoms with E-state index in [1.54, 1.807) is 0 Å². The van der Waals surface area contributed by atoms with Crippen LogP contribution in [0.25, 0.3) is 0 Å². The van der Waals surface area contributed by atoms with Crippen LogP contribution in [0.5, 0.6) is 5.75 Å². The fourth-order valence-corrected chi connectivity index (χ4v) is 5.16. The molecule has 0 spiro atoms. The Morgan fingerprint density at radius 3 is 2.40 bits per heavy atom. The number of hydrogen-bond donors (Lipinski definition) is 1. The minimum Gasteiger partial charge on any atom is -0.490 e. The molecule has 0 aromatic heterocycles. The SMILES string of the molecule is CNCc1cccc(OC2C3CC4CC(C3)CC2C4)c1. The van der Waals surface area contributed by atoms with Crippen LogP contribution in [0, 0.1) is 23.7 Å². The van der Waals surface area contributed by atoms with Crippen LogP contribution in [0.2, 0.25) is 0 Å². The van der Waals surface area contributed by atoms with E-state index >= 15 is 0 Å². The second-order valence-electron chi connectivity index (χ2n) is 7.19. The third-order valence-corrected chi connectivity index (χ3v) is 5.69. The Kier molecular flexibility index (Phi) is 3.22. The molecule has 0 amide bonds. The van der Waals surface area contributed by atoms with Crippen molar-refractivity contribution in [3.63, 3.8) is 0 Å². The maximum absolute atomic E-state index is 6.45. The zero-order chi connectivity index (χ0) is 13.5. The highest BCUT2D eigenvalue weighted by Crippen LogP contribution is 2.54. The van der Waals surface area contributed by atoms with Crippen molar-refractivity contribution < 1.29 is 4.74 Å². The van der Waals surface area contributed by atoms with Crippen LogP contribution in [0.1, 0.15) is 37.7 Å². The fraction of sp³-hybridized carbons (Fsp3) is 0.667. The van der Waals surface area contributed by atoms with Crippen molar-refractivity contribution in [1.29, 1.82) is 0 Å². The van der Waals surface area contributed by atoms with E-state index < -0.39 is 0 Å². The van der Waals surface area contributed by atoms with Gasteiger partial charge in [0.2, 0.25) is 0 Å². The van der Waals surface area contributed by atoms with Gasteiger partial charge < -0.3 is 10.1 Å². The Balaban J connectivity index is 1.50. The Morgan fingerprint density at radius 2 is 1.75 bits per heavy atom. The number of ether oxygens (including phenoxy) is 1. The Hall–Kier alpha value is -1.02. The largest absolute Gasteiger partial charge is 0.490 e. The van der Waals surface area contributed by atoms with Gasteiger partial charge in [0.1, 0.15) is 11.9 Å². The van der Waals surface area contributed by atoms with Crippen molar-refractivity contribution in [3.05, 3.63) is 29.8 Å². The van der Waals surface area contributed by atoms with E-state index in [1.807, 2.05) is 7.05 Å². The molecule has 4 fully saturated rings. The second-order valence-corrected chi connectivity index (χ2v) is 7.19. The number of hydrogen-bond acceptors (Lipinski definition) is 2. The van der Waals surface area contributed by atoms with Crippen molar-refractivity contribution in [2.45, 2.75) is 44.8 Å². The molecule has 0 unspecified atom stereocenters. The van der Waals surface area contributed by atoms with Crippen LogP contribution < -0.4 is 10.1 Å². The Bertz CT molecular complexity index is 456. The van der Waals surface area contributed by atoms with Crippen molar-refractivity contribution in [2.75, 3.05) is 7.05 Å². The fourth-order valence-electron chi connectivity index (χ4n) is 5.16. The van der Waals surface area contributed by atoms with Gasteiger partial charge in [-0.05, 0) is 80.5 Å². The first-order valence-electron chi connectivity index (χ1n) is 8.22. The summed E-state index contributed by atoms with van der Waals surface area (Å²) in [6.45, 7) is 0.916. The topological polar surface area (TPSA) is 21.3 Å². The maximum atomic E-state index is 6.45. The Morgan fingerprint density at radius 1 is 1.05 bits per heavy atom. The summed E-state index contributed by atoms with van der Waals surface area (Å²) in [4.78, 5) is 0. The third kappa shape index (κ3) is 2.24. The lowest BCUT2D eigenvalue weighted by Crippen LogP contribution is -2.50. The van der Waals surface area contributed by atoms with Crippen LogP contribution in [0.3, 0.4) is 0 Å². The summed E-state index contributed by atoms with van der Waals surface area (Å²) in [6, 6.07) is 8.63. The molecule has 1 aromatic rings. The molecule has 2 nitrogen and oxygen atoms in total. The smallest absolute Gasteiger partial charge is 0.120 e. The maximum Gasteiger partial charge on any atom is 0.120 e. The van der Waals surface area contributed by atoms with E-state index in [-0.39, 0.29) is 0 Å². The van der Waals surface area contributed by atoms with E-state index in [2.05, 4.69) is 29.6 Å². The van der Waals surface area contributed by atoms with Crippen molar-refractivity contribution in [1.82, 2.24) is 5.32 Å². The van der Waals surface area contributed by atoms with Gasteiger partial charge in [-0.2, -0.15) is 0 Å². The quantitative estimate of drug-likeness (QED) is 0.903. The van der Waals surface area contributed by atoms with Crippen LogP contribution in [-0.4, -0.2) is 13.2 Å². The standard InChI is InChI=1S/C18H25NO/c1-19-11-12-3-2-4-17(10-12)20-18-15-6-13-5-14(8-15)9-16(18)7-13/h2-4,10,13-16,18-19H,5-9,11H2,1H3. The normalized spacial score (nSPS) is 38.1. The molecule has 5 rings (SSSR count). The van der Waals surface area contributed by atoms with E-state index in [9.17, 15) is 0 Å². The van der Waals surface area contributed by atoms with E-state index in [0.29, 0.717) is 6.10 Å². The summed E-state index contributed by atoms with van der Waals surface area (Å²) in [5, 5.41) is 3.21. The molecule has 4 aliphatic carbocycles. The van der Waals surface area contributed by atoms with Gasteiger partial charge in [-0.3, -0.25) is 0 Å². The molecule has 0 saturated heterocycles. The van der Waals surface area contributed by atoms with Gasteiger partial charge in [0.25, 0.3) is 0 Å². The van der Waals surface area contributed by atoms with Gasteiger partial charge in [0.05, 0.1) is 0 Å². The average Bonchev–Trinajstić information content (AvgIpc) is 2.43. The average molecular weight is 271 g/mol. The summed E-state index contributed by atoms with van der Waals surface area (Å²) < 4.78 is 6.45. The van der Waals surface area contributed by atoms with Gasteiger partial charge in [0.15, 0.2) is 0 Å². The van der Waals surface area contributed by atoms with Gasteiger partial charge in [-0.25, -0.2) is 0 Å². The van der Waals surface area contributed by atoms with Crippen LogP contribution in [0.4, 0.5) is 0 Å². The zero-order valence-corrected chi connectivity index (χ0v) is 12.3. The molecule has 20 heavy (non-hydrogen) atoms. The summed E-state index contributed by atoms with van der Waals surface area (Å²) in [7, 11) is 1.99. The molecule has 0 heterocycles. The molecular formula is C18H25NO. The molecule has 108 valence electrons. The molecule has 4 saturated carbocycles. The molecule has 0 atom stereocenters. The van der Waals surface area contributed by atoms with Gasteiger partial charge in [-0.1, -0.05) is 12.1 Å². The lowest BCUT2D eigenvalue weighted by molar-refractivity contribution is -0.0790. The predicted octanol–water partition coefficient (Wildman–Crippen LogP) is 3.61. The first-order chi connectivity index (χ1) is 9.81. The second kappa shape index (κ2) is 5.07. The summed E-state index contributed by atoms with van der Waals surface area (Å²) in [6.07, 6.45) is 7.70. The highest BCUT2D eigenvalue weighted by atomic mass is 16.5. The van der Waals surface area contributed by atoms with Crippen LogP contribution in [0.15, 0.2) is 24.3 Å². The highest BCUT2D eigenvalue weighted by molar-refractivity contribution is 5.29. The lowest BCUT2D eigenvalue weighted by atomic mass is 9.55. The van der Waals surface area contributed by atoms with Gasteiger partial charge in [-0.15, -0.1) is 0 Å². The summed E-state index contributed by atoms with van der Waals surface area (Å²) in [5.74, 6) is 4.79. The molecule has 1 aromatic carbocycles. The minimum atomic E-state index is 0.493. The minimum absolute atomic E-state index is 0.493. The molecule has 4 aliphatic rings. The zero-order valence-electron chi connectivity index (χ0n) is 12.3. The molecule has 1 N–H and O–H groups in total. The predicted molar refractivity (Wildman–Crippen MR) is 80.7 cm³/mol. The molecule has 0 aliphatic heterocycles. The number of benzene rings is 1. The van der Waals surface area contributed by atoms with Crippen molar-refractivity contribution >= 4 is 0 Å². The monoisotopic (exact) mass is 271 g/mol. The molecular weight excluding hydrogens is 246 g/mol. The van der Waals surface area contributed by atoms with Gasteiger partial charge >= 0.3 is 0 Å². The summed E-state index contributed by atoms with van der Waals surface area (Å²) in [5.41, 5.74) is 1.31. The molecule has 4 bridgehead atoms. The molecule has 2 heteroatoms. The first-order valence-corrected chi connectivity index (χ1v) is 8.22. The van der Waals surface area contributed by atoms with E-state index in [1.165, 1.54) is 37.7 Å². The van der Waals surface area contributed by atoms with Crippen LogP contribution in [-0.2, 0) is 6.54 Å². The lowest BCUT2D eigenvalue weighted by Gasteiger charge is -2.53. The molecule has 0 radical (unpaired) electrons. The van der Waals surface area contributed by atoms with Crippen LogP contribution >= 0.6 is 0 Å². The highest BCUT2D eigenvalue weighted by Gasteiger charge is 2.49. The third-order valence-electron chi connectivity index (χ3n) is 5.69. The number of rotatable bonds is 4. The van der Waals surface area contributed by atoms with Crippen molar-refractivity contribution in [3.8, 4) is 5.75 Å². The van der Waals surface area contributed by atoms with Gasteiger partial charge in [0, 0.05) is 6.54 Å². The van der Waals surface area contributed by atoms with E-state index in [4.69, 9.17) is 4.74 Å².